The average molecular weight is 294 g/mol. The third kappa shape index (κ3) is 45.9. The van der Waals surface area contributed by atoms with E-state index in [1.165, 1.54) is 0 Å². The van der Waals surface area contributed by atoms with Crippen LogP contribution in [0.2, 0.25) is 0 Å². The Kier molecular flexibility index (Phi) is 26.4. The molecule has 0 saturated carbocycles. The van der Waals surface area contributed by atoms with E-state index in [1.807, 2.05) is 0 Å². The van der Waals surface area contributed by atoms with E-state index in [0.717, 1.165) is 36.7 Å². The molecule has 106 valence electrons. The summed E-state index contributed by atoms with van der Waals surface area (Å²) in [5.74, 6) is 1.10. The molecule has 0 aromatic carbocycles. The molecule has 0 aliphatic heterocycles. The maximum Gasteiger partial charge on any atom is 0.240 e. The summed E-state index contributed by atoms with van der Waals surface area (Å²) in [5.41, 5.74) is 19.6. The van der Waals surface area contributed by atoms with Crippen molar-refractivity contribution in [3.8, 4) is 0 Å². The first-order chi connectivity index (χ1) is 8.45. The largest absolute Gasteiger partial charge is 0.366 e. The van der Waals surface area contributed by atoms with Gasteiger partial charge in [0.1, 0.15) is 0 Å². The highest BCUT2D eigenvalue weighted by Crippen LogP contribution is 2.18. The Morgan fingerprint density at radius 1 is 0.889 bits per heavy atom. The van der Waals surface area contributed by atoms with Gasteiger partial charge in [0, 0.05) is 24.6 Å². The fourth-order valence-corrected chi connectivity index (χ4v) is 1.93. The SMILES string of the molecule is C=CC(N)=O.C=CC(N)=O.NCCSSCCN. The molecular weight excluding hydrogens is 272 g/mol. The predicted molar refractivity (Wildman–Crippen MR) is 81.8 cm³/mol. The van der Waals surface area contributed by atoms with Crippen molar-refractivity contribution >= 4 is 33.4 Å². The monoisotopic (exact) mass is 294 g/mol. The Bertz CT molecular complexity index is 214. The van der Waals surface area contributed by atoms with Crippen molar-refractivity contribution in [2.45, 2.75) is 0 Å². The van der Waals surface area contributed by atoms with Crippen LogP contribution in [0, 0.1) is 0 Å². The first kappa shape index (κ1) is 22.2. The van der Waals surface area contributed by atoms with Crippen molar-refractivity contribution in [2.24, 2.45) is 22.9 Å². The van der Waals surface area contributed by atoms with Crippen LogP contribution in [0.1, 0.15) is 0 Å². The van der Waals surface area contributed by atoms with Crippen LogP contribution in [0.15, 0.2) is 25.3 Å². The van der Waals surface area contributed by atoms with Crippen LogP contribution in [0.4, 0.5) is 0 Å². The van der Waals surface area contributed by atoms with Gasteiger partial charge in [0.05, 0.1) is 0 Å². The normalized spacial score (nSPS) is 7.89. The summed E-state index contributed by atoms with van der Waals surface area (Å²) < 4.78 is 0. The van der Waals surface area contributed by atoms with E-state index in [4.69, 9.17) is 11.5 Å². The predicted octanol–water partition coefficient (Wildman–Crippen LogP) is -0.399. The summed E-state index contributed by atoms with van der Waals surface area (Å²) in [6.07, 6.45) is 2.11. The summed E-state index contributed by atoms with van der Waals surface area (Å²) in [7, 11) is 3.58. The Morgan fingerprint density at radius 2 is 1.11 bits per heavy atom. The third-order valence-electron chi connectivity index (χ3n) is 0.888. The second-order valence-corrected chi connectivity index (χ2v) is 5.14. The lowest BCUT2D eigenvalue weighted by molar-refractivity contribution is -0.114. The molecule has 0 heterocycles. The summed E-state index contributed by atoms with van der Waals surface area (Å²) in [5, 5.41) is 0. The molecule has 0 fully saturated rings. The maximum absolute atomic E-state index is 9.47. The first-order valence-corrected chi connectivity index (χ1v) is 7.43. The van der Waals surface area contributed by atoms with Gasteiger partial charge in [-0.2, -0.15) is 0 Å². The van der Waals surface area contributed by atoms with Gasteiger partial charge < -0.3 is 22.9 Å². The highest BCUT2D eigenvalue weighted by molar-refractivity contribution is 8.76. The van der Waals surface area contributed by atoms with Crippen molar-refractivity contribution < 1.29 is 9.59 Å². The molecular formula is C10H22N4O2S2. The summed E-state index contributed by atoms with van der Waals surface area (Å²) in [4.78, 5) is 18.9. The van der Waals surface area contributed by atoms with Crippen LogP contribution in [0.5, 0.6) is 0 Å². The molecule has 0 aromatic heterocycles. The van der Waals surface area contributed by atoms with Crippen molar-refractivity contribution in [1.29, 1.82) is 0 Å². The topological polar surface area (TPSA) is 138 Å². The van der Waals surface area contributed by atoms with Crippen molar-refractivity contribution in [1.82, 2.24) is 0 Å². The van der Waals surface area contributed by atoms with Crippen molar-refractivity contribution in [3.63, 3.8) is 0 Å². The van der Waals surface area contributed by atoms with Gasteiger partial charge >= 0.3 is 0 Å². The summed E-state index contributed by atoms with van der Waals surface area (Å²) in [6, 6.07) is 0. The molecule has 8 heteroatoms. The standard InChI is InChI=1S/C4H12N2S2.2C3H5NO/c5-1-3-7-8-4-2-6;2*1-2-3(4)5/h1-6H2;2*2H,1H2,(H2,4,5). The molecule has 0 saturated heterocycles. The average Bonchev–Trinajstić information content (AvgIpc) is 2.36. The van der Waals surface area contributed by atoms with Gasteiger partial charge in [-0.15, -0.1) is 0 Å². The van der Waals surface area contributed by atoms with E-state index in [2.05, 4.69) is 24.6 Å². The summed E-state index contributed by atoms with van der Waals surface area (Å²) >= 11 is 0. The highest BCUT2D eigenvalue weighted by atomic mass is 33.1. The number of hydrogen-bond acceptors (Lipinski definition) is 6. The molecule has 8 N–H and O–H groups in total. The van der Waals surface area contributed by atoms with Crippen molar-refractivity contribution in [2.75, 3.05) is 24.6 Å². The second kappa shape index (κ2) is 21.3. The molecule has 0 aromatic rings. The molecule has 0 bridgehead atoms. The van der Waals surface area contributed by atoms with Gasteiger partial charge in [0.15, 0.2) is 0 Å². The molecule has 0 aliphatic rings. The quantitative estimate of drug-likeness (QED) is 0.286. The molecule has 0 radical (unpaired) electrons. The van der Waals surface area contributed by atoms with Crippen LogP contribution in [-0.4, -0.2) is 36.4 Å². The van der Waals surface area contributed by atoms with Crippen LogP contribution in [0.3, 0.4) is 0 Å². The van der Waals surface area contributed by atoms with E-state index in [1.54, 1.807) is 21.6 Å². The van der Waals surface area contributed by atoms with E-state index in [0.29, 0.717) is 0 Å². The van der Waals surface area contributed by atoms with Gasteiger partial charge in [-0.3, -0.25) is 9.59 Å². The second-order valence-electron chi connectivity index (χ2n) is 2.43. The smallest absolute Gasteiger partial charge is 0.240 e. The molecule has 6 nitrogen and oxygen atoms in total. The van der Waals surface area contributed by atoms with E-state index in [-0.39, 0.29) is 0 Å². The zero-order chi connectivity index (χ0) is 14.8. The van der Waals surface area contributed by atoms with E-state index in [9.17, 15) is 9.59 Å². The lowest BCUT2D eigenvalue weighted by Crippen LogP contribution is -2.04. The minimum absolute atomic E-state index is 0.481. The number of carbonyl (C=O) groups excluding carboxylic acids is 2. The molecule has 0 unspecified atom stereocenters. The minimum Gasteiger partial charge on any atom is -0.366 e. The number of amides is 2. The lowest BCUT2D eigenvalue weighted by atomic mass is 10.6. The van der Waals surface area contributed by atoms with Crippen LogP contribution < -0.4 is 22.9 Å². The van der Waals surface area contributed by atoms with E-state index < -0.39 is 11.8 Å². The van der Waals surface area contributed by atoms with E-state index >= 15 is 0 Å². The van der Waals surface area contributed by atoms with Gasteiger partial charge in [-0.1, -0.05) is 34.7 Å². The minimum atomic E-state index is -0.481. The number of carbonyl (C=O) groups is 2. The Balaban J connectivity index is -0.000000197. The zero-order valence-corrected chi connectivity index (χ0v) is 12.0. The first-order valence-electron chi connectivity index (χ1n) is 4.94. The van der Waals surface area contributed by atoms with Crippen LogP contribution in [0.25, 0.3) is 0 Å². The highest BCUT2D eigenvalue weighted by Gasteiger charge is 1.84. The third-order valence-corrected chi connectivity index (χ3v) is 3.36. The number of primary amides is 2. The zero-order valence-electron chi connectivity index (χ0n) is 10.3. The number of hydrogen-bond donors (Lipinski definition) is 4. The Hall–Kier alpha value is -0.960. The molecule has 0 atom stereocenters. The van der Waals surface area contributed by atoms with Crippen LogP contribution >= 0.6 is 21.6 Å². The lowest BCUT2D eigenvalue weighted by Gasteiger charge is -1.93. The Morgan fingerprint density at radius 3 is 1.22 bits per heavy atom. The van der Waals surface area contributed by atoms with Gasteiger partial charge in [-0.05, 0) is 12.2 Å². The number of nitrogens with two attached hydrogens (primary N) is 4. The fourth-order valence-electron chi connectivity index (χ4n) is 0.214. The van der Waals surface area contributed by atoms with Gasteiger partial charge in [0.2, 0.25) is 11.8 Å². The molecule has 0 rings (SSSR count). The molecule has 18 heavy (non-hydrogen) atoms. The number of rotatable bonds is 7. The molecule has 0 spiro atoms. The van der Waals surface area contributed by atoms with Gasteiger partial charge in [0.25, 0.3) is 0 Å². The van der Waals surface area contributed by atoms with Crippen LogP contribution in [-0.2, 0) is 9.59 Å². The Labute approximate surface area is 116 Å². The molecule has 0 aliphatic carbocycles. The van der Waals surface area contributed by atoms with Crippen molar-refractivity contribution in [3.05, 3.63) is 25.3 Å². The molecule has 2 amide bonds. The fraction of sp³-hybridized carbons (Fsp3) is 0.400. The van der Waals surface area contributed by atoms with Gasteiger partial charge in [-0.25, -0.2) is 0 Å². The maximum atomic E-state index is 9.47. The summed E-state index contributed by atoms with van der Waals surface area (Å²) in [6.45, 7) is 7.70.